The first-order valence-electron chi connectivity index (χ1n) is 8.28. The van der Waals surface area contributed by atoms with Crippen LogP contribution in [0.15, 0.2) is 30.5 Å². The number of amides is 1. The van der Waals surface area contributed by atoms with Crippen molar-refractivity contribution in [2.45, 2.75) is 38.6 Å². The van der Waals surface area contributed by atoms with Crippen LogP contribution in [0.4, 0.5) is 0 Å². The van der Waals surface area contributed by atoms with Gasteiger partial charge in [-0.1, -0.05) is 31.5 Å². The fourth-order valence-electron chi connectivity index (χ4n) is 3.42. The second-order valence-electron chi connectivity index (χ2n) is 6.35. The van der Waals surface area contributed by atoms with Crippen molar-refractivity contribution < 1.29 is 4.79 Å². The summed E-state index contributed by atoms with van der Waals surface area (Å²) >= 11 is 0. The molecule has 1 aromatic heterocycles. The number of rotatable bonds is 4. The van der Waals surface area contributed by atoms with Crippen molar-refractivity contribution in [1.29, 1.82) is 0 Å². The number of H-pyrrole nitrogens is 1. The first-order valence-corrected chi connectivity index (χ1v) is 8.28. The summed E-state index contributed by atoms with van der Waals surface area (Å²) in [6.45, 7) is 3.95. The molecule has 2 heterocycles. The molecule has 126 valence electrons. The van der Waals surface area contributed by atoms with Crippen LogP contribution >= 0.6 is 12.4 Å². The third kappa shape index (κ3) is 3.88. The summed E-state index contributed by atoms with van der Waals surface area (Å²) in [7, 11) is 0. The third-order valence-electron chi connectivity index (χ3n) is 4.94. The van der Waals surface area contributed by atoms with Crippen molar-refractivity contribution in [2.24, 2.45) is 11.7 Å². The van der Waals surface area contributed by atoms with Crippen LogP contribution in [0.2, 0.25) is 0 Å². The van der Waals surface area contributed by atoms with E-state index in [9.17, 15) is 4.79 Å². The number of aromatic nitrogens is 1. The molecule has 23 heavy (non-hydrogen) atoms. The van der Waals surface area contributed by atoms with Gasteiger partial charge >= 0.3 is 0 Å². The number of nitrogens with two attached hydrogens (primary N) is 1. The fraction of sp³-hybridized carbons (Fsp3) is 0.500. The molecular weight excluding hydrogens is 310 g/mol. The Kier molecular flexibility index (Phi) is 6.08. The van der Waals surface area contributed by atoms with Gasteiger partial charge in [0.2, 0.25) is 5.91 Å². The van der Waals surface area contributed by atoms with E-state index in [0.29, 0.717) is 6.42 Å². The number of likely N-dealkylation sites (tertiary alicyclic amines) is 1. The summed E-state index contributed by atoms with van der Waals surface area (Å²) in [6.07, 6.45) is 6.01. The zero-order valence-corrected chi connectivity index (χ0v) is 14.4. The molecule has 3 N–H and O–H groups in total. The number of fused-ring (bicyclic) bond motifs is 1. The molecule has 1 aromatic carbocycles. The van der Waals surface area contributed by atoms with E-state index >= 15 is 0 Å². The number of carbonyl (C=O) groups excluding carboxylic acids is 1. The van der Waals surface area contributed by atoms with E-state index in [0.717, 1.165) is 48.3 Å². The highest BCUT2D eigenvalue weighted by atomic mass is 35.5. The van der Waals surface area contributed by atoms with Crippen LogP contribution in [-0.4, -0.2) is 34.9 Å². The number of nitrogens with one attached hydrogen (secondary N) is 1. The molecule has 2 aromatic rings. The molecule has 0 radical (unpaired) electrons. The van der Waals surface area contributed by atoms with Gasteiger partial charge in [-0.15, -0.1) is 12.4 Å². The molecule has 0 bridgehead atoms. The standard InChI is InChI=1S/C18H25N3O.ClH/c1-2-13-7-9-21(10-8-13)18(22)16(19)11-14-12-20-17-6-4-3-5-15(14)17;/h3-6,12-13,16,20H,2,7-11,19H2,1H3;1H/t16-;/m0./s1. The van der Waals surface area contributed by atoms with Gasteiger partial charge in [-0.2, -0.15) is 0 Å². The lowest BCUT2D eigenvalue weighted by atomic mass is 9.94. The molecule has 1 fully saturated rings. The number of hydrogen-bond acceptors (Lipinski definition) is 2. The second-order valence-corrected chi connectivity index (χ2v) is 6.35. The molecule has 1 aliphatic heterocycles. The lowest BCUT2D eigenvalue weighted by Crippen LogP contribution is -2.48. The topological polar surface area (TPSA) is 62.1 Å². The second kappa shape index (κ2) is 7.84. The summed E-state index contributed by atoms with van der Waals surface area (Å²) in [6, 6.07) is 7.69. The van der Waals surface area contributed by atoms with Crippen LogP contribution in [-0.2, 0) is 11.2 Å². The number of aromatic amines is 1. The number of para-hydroxylation sites is 1. The Morgan fingerprint density at radius 3 is 2.74 bits per heavy atom. The predicted octanol–water partition coefficient (Wildman–Crippen LogP) is 3.11. The number of hydrogen-bond donors (Lipinski definition) is 2. The maximum absolute atomic E-state index is 12.5. The monoisotopic (exact) mass is 335 g/mol. The Labute approximate surface area is 143 Å². The highest BCUT2D eigenvalue weighted by molar-refractivity contribution is 5.86. The normalized spacial score (nSPS) is 17.0. The summed E-state index contributed by atoms with van der Waals surface area (Å²) in [5.41, 5.74) is 8.42. The SMILES string of the molecule is CCC1CCN(C(=O)[C@@H](N)Cc2c[nH]c3ccccc23)CC1.Cl. The van der Waals surface area contributed by atoms with E-state index in [4.69, 9.17) is 5.73 Å². The molecule has 5 heteroatoms. The summed E-state index contributed by atoms with van der Waals surface area (Å²) in [5.74, 6) is 0.869. The molecule has 0 aliphatic carbocycles. The minimum Gasteiger partial charge on any atom is -0.361 e. The predicted molar refractivity (Wildman–Crippen MR) is 96.8 cm³/mol. The van der Waals surface area contributed by atoms with Gasteiger partial charge < -0.3 is 15.6 Å². The van der Waals surface area contributed by atoms with Gasteiger partial charge in [-0.25, -0.2) is 0 Å². The van der Waals surface area contributed by atoms with E-state index in [1.54, 1.807) is 0 Å². The van der Waals surface area contributed by atoms with Crippen molar-refractivity contribution in [3.05, 3.63) is 36.0 Å². The van der Waals surface area contributed by atoms with Gasteiger partial charge in [0.15, 0.2) is 0 Å². The number of benzene rings is 1. The Bertz CT molecular complexity index is 647. The van der Waals surface area contributed by atoms with Gasteiger partial charge in [0.1, 0.15) is 0 Å². The minimum absolute atomic E-state index is 0. The van der Waals surface area contributed by atoms with Crippen molar-refractivity contribution in [2.75, 3.05) is 13.1 Å². The van der Waals surface area contributed by atoms with Gasteiger partial charge in [0, 0.05) is 30.2 Å². The van der Waals surface area contributed by atoms with Crippen LogP contribution < -0.4 is 5.73 Å². The lowest BCUT2D eigenvalue weighted by Gasteiger charge is -2.33. The van der Waals surface area contributed by atoms with Crippen molar-refractivity contribution in [1.82, 2.24) is 9.88 Å². The van der Waals surface area contributed by atoms with Crippen LogP contribution in [0.25, 0.3) is 10.9 Å². The first-order chi connectivity index (χ1) is 10.7. The number of nitrogens with zero attached hydrogens (tertiary/aromatic N) is 1. The Morgan fingerprint density at radius 2 is 2.04 bits per heavy atom. The Balaban J connectivity index is 0.00000192. The molecule has 3 rings (SSSR count). The van der Waals surface area contributed by atoms with Gasteiger partial charge in [-0.05, 0) is 36.8 Å². The van der Waals surface area contributed by atoms with Crippen molar-refractivity contribution in [3.8, 4) is 0 Å². The number of piperidine rings is 1. The smallest absolute Gasteiger partial charge is 0.239 e. The van der Waals surface area contributed by atoms with Crippen LogP contribution in [0.3, 0.4) is 0 Å². The van der Waals surface area contributed by atoms with E-state index < -0.39 is 6.04 Å². The highest BCUT2D eigenvalue weighted by Gasteiger charge is 2.26. The molecule has 1 aliphatic rings. The fourth-order valence-corrected chi connectivity index (χ4v) is 3.42. The number of carbonyl (C=O) groups is 1. The molecule has 4 nitrogen and oxygen atoms in total. The average Bonchev–Trinajstić information content (AvgIpc) is 2.97. The zero-order valence-electron chi connectivity index (χ0n) is 13.6. The Morgan fingerprint density at radius 1 is 1.35 bits per heavy atom. The van der Waals surface area contributed by atoms with Crippen molar-refractivity contribution in [3.63, 3.8) is 0 Å². The van der Waals surface area contributed by atoms with E-state index in [2.05, 4.69) is 18.0 Å². The molecule has 1 atom stereocenters. The zero-order chi connectivity index (χ0) is 15.5. The van der Waals surface area contributed by atoms with E-state index in [-0.39, 0.29) is 18.3 Å². The molecule has 0 saturated carbocycles. The quantitative estimate of drug-likeness (QED) is 0.901. The average molecular weight is 336 g/mol. The molecular formula is C18H26ClN3O. The first kappa shape index (κ1) is 17.8. The maximum Gasteiger partial charge on any atom is 0.239 e. The Hall–Kier alpha value is -1.52. The third-order valence-corrected chi connectivity index (χ3v) is 4.94. The summed E-state index contributed by atoms with van der Waals surface area (Å²) in [5, 5.41) is 1.16. The number of halogens is 1. The molecule has 0 unspecified atom stereocenters. The van der Waals surface area contributed by atoms with Crippen molar-refractivity contribution >= 4 is 29.2 Å². The van der Waals surface area contributed by atoms with Gasteiger partial charge in [0.05, 0.1) is 6.04 Å². The van der Waals surface area contributed by atoms with E-state index in [1.165, 1.54) is 6.42 Å². The largest absolute Gasteiger partial charge is 0.361 e. The lowest BCUT2D eigenvalue weighted by molar-refractivity contribution is -0.134. The van der Waals surface area contributed by atoms with E-state index in [1.807, 2.05) is 29.3 Å². The molecule has 1 amide bonds. The minimum atomic E-state index is -0.447. The van der Waals surface area contributed by atoms with Gasteiger partial charge in [0.25, 0.3) is 0 Å². The maximum atomic E-state index is 12.5. The highest BCUT2D eigenvalue weighted by Crippen LogP contribution is 2.22. The summed E-state index contributed by atoms with van der Waals surface area (Å²) in [4.78, 5) is 17.7. The van der Waals surface area contributed by atoms with Crippen LogP contribution in [0.5, 0.6) is 0 Å². The van der Waals surface area contributed by atoms with Crippen LogP contribution in [0.1, 0.15) is 31.7 Å². The molecule has 1 saturated heterocycles. The van der Waals surface area contributed by atoms with Gasteiger partial charge in [-0.3, -0.25) is 4.79 Å². The van der Waals surface area contributed by atoms with Crippen LogP contribution in [0, 0.1) is 5.92 Å². The summed E-state index contributed by atoms with van der Waals surface area (Å²) < 4.78 is 0. The molecule has 0 spiro atoms.